The fraction of sp³-hybridized carbons (Fsp3) is 0.300. The number of nitrogens with zero attached hydrogens (tertiary/aromatic N) is 2. The highest BCUT2D eigenvalue weighted by Crippen LogP contribution is 2.33. The van der Waals surface area contributed by atoms with Crippen LogP contribution in [0.25, 0.3) is 0 Å². The average Bonchev–Trinajstić information content (AvgIpc) is 2.44. The van der Waals surface area contributed by atoms with Crippen molar-refractivity contribution in [3.8, 4) is 0 Å². The molecule has 0 amide bonds. The molecule has 1 heterocycles. The number of nitro benzene ring substituents is 1. The molecule has 0 aromatic heterocycles. The van der Waals surface area contributed by atoms with Gasteiger partial charge in [0.15, 0.2) is 5.78 Å². The molecular formula is C10H10N2O3. The van der Waals surface area contributed by atoms with Crippen LogP contribution in [0.4, 0.5) is 11.4 Å². The van der Waals surface area contributed by atoms with E-state index in [4.69, 9.17) is 0 Å². The molecule has 0 bridgehead atoms. The van der Waals surface area contributed by atoms with Crippen molar-refractivity contribution in [1.82, 2.24) is 0 Å². The molecule has 1 aliphatic rings. The maximum absolute atomic E-state index is 11.7. The number of nitro groups is 1. The Labute approximate surface area is 86.5 Å². The second kappa shape index (κ2) is 3.05. The first-order chi connectivity index (χ1) is 7.02. The van der Waals surface area contributed by atoms with Gasteiger partial charge in [-0.15, -0.1) is 0 Å². The third kappa shape index (κ3) is 1.27. The van der Waals surface area contributed by atoms with E-state index in [-0.39, 0.29) is 17.5 Å². The van der Waals surface area contributed by atoms with Crippen molar-refractivity contribution in [1.29, 1.82) is 0 Å². The van der Waals surface area contributed by atoms with Gasteiger partial charge in [0.05, 0.1) is 11.0 Å². The molecular weight excluding hydrogens is 196 g/mol. The minimum Gasteiger partial charge on any atom is -0.364 e. The van der Waals surface area contributed by atoms with Crippen LogP contribution < -0.4 is 4.90 Å². The monoisotopic (exact) mass is 206 g/mol. The van der Waals surface area contributed by atoms with E-state index >= 15 is 0 Å². The Bertz CT molecular complexity index is 456. The molecule has 0 aliphatic carbocycles. The molecule has 0 spiro atoms. The zero-order chi connectivity index (χ0) is 11.2. The van der Waals surface area contributed by atoms with Gasteiger partial charge in [0, 0.05) is 30.4 Å². The van der Waals surface area contributed by atoms with E-state index < -0.39 is 4.92 Å². The first-order valence-corrected chi connectivity index (χ1v) is 4.58. The van der Waals surface area contributed by atoms with Gasteiger partial charge in [-0.2, -0.15) is 0 Å². The van der Waals surface area contributed by atoms with Crippen molar-refractivity contribution < 1.29 is 9.72 Å². The average molecular weight is 206 g/mol. The lowest BCUT2D eigenvalue weighted by Crippen LogP contribution is -2.28. The van der Waals surface area contributed by atoms with Crippen molar-refractivity contribution in [3.63, 3.8) is 0 Å². The van der Waals surface area contributed by atoms with Crippen LogP contribution in [-0.4, -0.2) is 23.8 Å². The number of non-ortho nitro benzene ring substituents is 1. The molecule has 5 nitrogen and oxygen atoms in total. The predicted octanol–water partition coefficient (Wildman–Crippen LogP) is 1.62. The minimum atomic E-state index is -0.490. The maximum atomic E-state index is 11.7. The SMILES string of the molecule is CC1C(=O)c2cc([N+](=O)[O-])ccc2N1C. The first-order valence-electron chi connectivity index (χ1n) is 4.58. The molecule has 0 fully saturated rings. The summed E-state index contributed by atoms with van der Waals surface area (Å²) in [6.45, 7) is 1.79. The Kier molecular flexibility index (Phi) is 1.96. The van der Waals surface area contributed by atoms with Gasteiger partial charge in [0.25, 0.3) is 5.69 Å². The molecule has 0 N–H and O–H groups in total. The molecule has 78 valence electrons. The maximum Gasteiger partial charge on any atom is 0.270 e. The normalized spacial score (nSPS) is 19.2. The highest BCUT2D eigenvalue weighted by atomic mass is 16.6. The number of carbonyl (C=O) groups is 1. The van der Waals surface area contributed by atoms with Gasteiger partial charge >= 0.3 is 0 Å². The summed E-state index contributed by atoms with van der Waals surface area (Å²) < 4.78 is 0. The fourth-order valence-corrected chi connectivity index (χ4v) is 1.75. The summed E-state index contributed by atoms with van der Waals surface area (Å²) >= 11 is 0. The number of likely N-dealkylation sites (N-methyl/N-ethyl adjacent to an activating group) is 1. The Hall–Kier alpha value is -1.91. The number of fused-ring (bicyclic) bond motifs is 1. The number of anilines is 1. The second-order valence-electron chi connectivity index (χ2n) is 3.61. The smallest absolute Gasteiger partial charge is 0.270 e. The number of rotatable bonds is 1. The number of Topliss-reactive ketones (excluding diaryl/α,β-unsaturated/α-hetero) is 1. The fourth-order valence-electron chi connectivity index (χ4n) is 1.75. The van der Waals surface area contributed by atoms with Crippen LogP contribution in [0.5, 0.6) is 0 Å². The number of hydrogen-bond donors (Lipinski definition) is 0. The number of ketones is 1. The van der Waals surface area contributed by atoms with E-state index in [0.29, 0.717) is 5.56 Å². The number of hydrogen-bond acceptors (Lipinski definition) is 4. The molecule has 1 aromatic carbocycles. The largest absolute Gasteiger partial charge is 0.364 e. The van der Waals surface area contributed by atoms with Crippen LogP contribution in [0.2, 0.25) is 0 Å². The van der Waals surface area contributed by atoms with Crippen molar-refractivity contribution >= 4 is 17.2 Å². The van der Waals surface area contributed by atoms with Gasteiger partial charge in [-0.05, 0) is 13.0 Å². The van der Waals surface area contributed by atoms with E-state index in [1.807, 2.05) is 4.90 Å². The van der Waals surface area contributed by atoms with Gasteiger partial charge in [-0.1, -0.05) is 0 Å². The van der Waals surface area contributed by atoms with Crippen LogP contribution in [0, 0.1) is 10.1 Å². The Morgan fingerprint density at radius 1 is 1.47 bits per heavy atom. The van der Waals surface area contributed by atoms with E-state index in [2.05, 4.69) is 0 Å². The Morgan fingerprint density at radius 2 is 2.13 bits per heavy atom. The first kappa shape index (κ1) is 9.64. The summed E-state index contributed by atoms with van der Waals surface area (Å²) in [6, 6.07) is 4.15. The van der Waals surface area contributed by atoms with Gasteiger partial charge in [-0.25, -0.2) is 0 Å². The zero-order valence-corrected chi connectivity index (χ0v) is 8.43. The zero-order valence-electron chi connectivity index (χ0n) is 8.43. The lowest BCUT2D eigenvalue weighted by atomic mass is 10.1. The van der Waals surface area contributed by atoms with E-state index in [9.17, 15) is 14.9 Å². The van der Waals surface area contributed by atoms with Crippen LogP contribution in [0.1, 0.15) is 17.3 Å². The van der Waals surface area contributed by atoms with Gasteiger partial charge < -0.3 is 4.90 Å². The highest BCUT2D eigenvalue weighted by Gasteiger charge is 2.32. The van der Waals surface area contributed by atoms with Crippen LogP contribution in [0.3, 0.4) is 0 Å². The summed E-state index contributed by atoms with van der Waals surface area (Å²) in [7, 11) is 1.81. The lowest BCUT2D eigenvalue weighted by molar-refractivity contribution is -0.384. The topological polar surface area (TPSA) is 63.4 Å². The van der Waals surface area contributed by atoms with Crippen LogP contribution >= 0.6 is 0 Å². The van der Waals surface area contributed by atoms with E-state index in [0.717, 1.165) is 5.69 Å². The third-order valence-electron chi connectivity index (χ3n) is 2.80. The summed E-state index contributed by atoms with van der Waals surface area (Å²) in [5.74, 6) is -0.0591. The van der Waals surface area contributed by atoms with Crippen molar-refractivity contribution in [3.05, 3.63) is 33.9 Å². The molecule has 0 saturated carbocycles. The van der Waals surface area contributed by atoms with Crippen molar-refractivity contribution in [2.24, 2.45) is 0 Å². The number of benzene rings is 1. The molecule has 1 aliphatic heterocycles. The lowest BCUT2D eigenvalue weighted by Gasteiger charge is -2.16. The van der Waals surface area contributed by atoms with Gasteiger partial charge in [0.1, 0.15) is 0 Å². The summed E-state index contributed by atoms with van der Waals surface area (Å²) in [6.07, 6.45) is 0. The quantitative estimate of drug-likeness (QED) is 0.517. The summed E-state index contributed by atoms with van der Waals surface area (Å²) in [5.41, 5.74) is 1.17. The Balaban J connectivity index is 2.56. The Morgan fingerprint density at radius 3 is 2.73 bits per heavy atom. The van der Waals surface area contributed by atoms with Crippen molar-refractivity contribution in [2.75, 3.05) is 11.9 Å². The molecule has 0 radical (unpaired) electrons. The third-order valence-corrected chi connectivity index (χ3v) is 2.80. The molecule has 2 rings (SSSR count). The standard InChI is InChI=1S/C10H10N2O3/c1-6-10(13)8-5-7(12(14)15)3-4-9(8)11(6)2/h3-6H,1-2H3. The molecule has 1 aromatic rings. The number of carbonyl (C=O) groups excluding carboxylic acids is 1. The summed E-state index contributed by atoms with van der Waals surface area (Å²) in [5, 5.41) is 10.6. The van der Waals surface area contributed by atoms with E-state index in [1.165, 1.54) is 12.1 Å². The molecule has 1 atom stereocenters. The van der Waals surface area contributed by atoms with Gasteiger partial charge in [-0.3, -0.25) is 14.9 Å². The minimum absolute atomic E-state index is 0.0374. The predicted molar refractivity (Wildman–Crippen MR) is 55.3 cm³/mol. The summed E-state index contributed by atoms with van der Waals surface area (Å²) in [4.78, 5) is 23.6. The highest BCUT2D eigenvalue weighted by molar-refractivity contribution is 6.11. The molecule has 15 heavy (non-hydrogen) atoms. The van der Waals surface area contributed by atoms with E-state index in [1.54, 1.807) is 20.0 Å². The van der Waals surface area contributed by atoms with Crippen molar-refractivity contribution in [2.45, 2.75) is 13.0 Å². The second-order valence-corrected chi connectivity index (χ2v) is 3.61. The molecule has 5 heteroatoms. The molecule has 0 saturated heterocycles. The molecule has 1 unspecified atom stereocenters. The van der Waals surface area contributed by atoms with Crippen LogP contribution in [0.15, 0.2) is 18.2 Å². The van der Waals surface area contributed by atoms with Crippen LogP contribution in [-0.2, 0) is 0 Å². The van der Waals surface area contributed by atoms with Gasteiger partial charge in [0.2, 0.25) is 0 Å².